The van der Waals surface area contributed by atoms with E-state index in [-0.39, 0.29) is 5.91 Å². The Balaban J connectivity index is 2.43. The molecule has 0 saturated carbocycles. The van der Waals surface area contributed by atoms with Crippen molar-refractivity contribution in [1.82, 2.24) is 10.6 Å². The molecule has 1 aromatic carbocycles. The number of nitrogens with one attached hydrogen (secondary N) is 2. The van der Waals surface area contributed by atoms with Crippen molar-refractivity contribution in [3.05, 3.63) is 23.8 Å². The standard InChI is InChI=1S/C14H22N2O3/c1-4-7-16-14(17)10-15-9-11-5-6-12(18-2)13(8-11)19-3/h5-6,8,15H,4,7,9-10H2,1-3H3,(H,16,17). The molecule has 1 rings (SSSR count). The minimum atomic E-state index is 0.0160. The zero-order valence-corrected chi connectivity index (χ0v) is 11.8. The van der Waals surface area contributed by atoms with Crippen molar-refractivity contribution in [2.75, 3.05) is 27.3 Å². The Morgan fingerprint density at radius 2 is 1.95 bits per heavy atom. The van der Waals surface area contributed by atoms with Gasteiger partial charge in [-0.15, -0.1) is 0 Å². The fraction of sp³-hybridized carbons (Fsp3) is 0.500. The van der Waals surface area contributed by atoms with E-state index in [1.165, 1.54) is 0 Å². The summed E-state index contributed by atoms with van der Waals surface area (Å²) in [6.45, 7) is 3.67. The van der Waals surface area contributed by atoms with E-state index >= 15 is 0 Å². The number of ether oxygens (including phenoxy) is 2. The molecule has 5 nitrogen and oxygen atoms in total. The van der Waals surface area contributed by atoms with E-state index in [2.05, 4.69) is 10.6 Å². The first-order valence-electron chi connectivity index (χ1n) is 6.39. The Morgan fingerprint density at radius 1 is 1.21 bits per heavy atom. The summed E-state index contributed by atoms with van der Waals surface area (Å²) in [5, 5.41) is 5.90. The summed E-state index contributed by atoms with van der Waals surface area (Å²) >= 11 is 0. The summed E-state index contributed by atoms with van der Waals surface area (Å²) in [5.74, 6) is 1.41. The van der Waals surface area contributed by atoms with Gasteiger partial charge in [-0.1, -0.05) is 13.0 Å². The molecule has 0 aromatic heterocycles. The smallest absolute Gasteiger partial charge is 0.233 e. The van der Waals surface area contributed by atoms with Crippen LogP contribution < -0.4 is 20.1 Å². The first-order valence-corrected chi connectivity index (χ1v) is 6.39. The molecule has 0 radical (unpaired) electrons. The van der Waals surface area contributed by atoms with Crippen LogP contribution in [0.1, 0.15) is 18.9 Å². The Labute approximate surface area is 114 Å². The lowest BCUT2D eigenvalue weighted by Crippen LogP contribution is -2.33. The van der Waals surface area contributed by atoms with Crippen molar-refractivity contribution in [2.24, 2.45) is 0 Å². The molecule has 0 spiro atoms. The molecule has 5 heteroatoms. The maximum atomic E-state index is 11.4. The van der Waals surface area contributed by atoms with Gasteiger partial charge < -0.3 is 20.1 Å². The number of hydrogen-bond acceptors (Lipinski definition) is 4. The molecule has 0 bridgehead atoms. The lowest BCUT2D eigenvalue weighted by molar-refractivity contribution is -0.120. The van der Waals surface area contributed by atoms with E-state index in [0.717, 1.165) is 18.5 Å². The third-order valence-corrected chi connectivity index (χ3v) is 2.63. The van der Waals surface area contributed by atoms with Crippen molar-refractivity contribution in [1.29, 1.82) is 0 Å². The molecule has 2 N–H and O–H groups in total. The van der Waals surface area contributed by atoms with E-state index in [4.69, 9.17) is 9.47 Å². The second kappa shape index (κ2) is 8.37. The van der Waals surface area contributed by atoms with E-state index in [0.29, 0.717) is 24.6 Å². The molecular formula is C14H22N2O3. The van der Waals surface area contributed by atoms with Crippen LogP contribution in [0.5, 0.6) is 11.5 Å². The third kappa shape index (κ3) is 5.18. The minimum Gasteiger partial charge on any atom is -0.493 e. The van der Waals surface area contributed by atoms with Crippen LogP contribution in [0.15, 0.2) is 18.2 Å². The molecule has 0 aliphatic carbocycles. The predicted octanol–water partition coefficient (Wildman–Crippen LogP) is 1.32. The van der Waals surface area contributed by atoms with Crippen LogP contribution in [0.3, 0.4) is 0 Å². The highest BCUT2D eigenvalue weighted by molar-refractivity contribution is 5.77. The van der Waals surface area contributed by atoms with Gasteiger partial charge in [-0.3, -0.25) is 4.79 Å². The van der Waals surface area contributed by atoms with Gasteiger partial charge in [0.05, 0.1) is 20.8 Å². The molecule has 106 valence electrons. The lowest BCUT2D eigenvalue weighted by Gasteiger charge is -2.10. The highest BCUT2D eigenvalue weighted by Crippen LogP contribution is 2.27. The number of amides is 1. The highest BCUT2D eigenvalue weighted by atomic mass is 16.5. The van der Waals surface area contributed by atoms with Gasteiger partial charge in [0, 0.05) is 13.1 Å². The molecular weight excluding hydrogens is 244 g/mol. The molecule has 0 heterocycles. The molecule has 0 unspecified atom stereocenters. The average Bonchev–Trinajstić information content (AvgIpc) is 2.44. The molecule has 0 fully saturated rings. The fourth-order valence-corrected chi connectivity index (χ4v) is 1.64. The fourth-order valence-electron chi connectivity index (χ4n) is 1.64. The number of rotatable bonds is 8. The van der Waals surface area contributed by atoms with Crippen molar-refractivity contribution >= 4 is 5.91 Å². The van der Waals surface area contributed by atoms with Gasteiger partial charge in [-0.2, -0.15) is 0 Å². The number of hydrogen-bond donors (Lipinski definition) is 2. The average molecular weight is 266 g/mol. The monoisotopic (exact) mass is 266 g/mol. The summed E-state index contributed by atoms with van der Waals surface area (Å²) in [7, 11) is 3.21. The predicted molar refractivity (Wildman–Crippen MR) is 74.6 cm³/mol. The Bertz CT molecular complexity index is 408. The number of carbonyl (C=O) groups excluding carboxylic acids is 1. The maximum Gasteiger partial charge on any atom is 0.233 e. The van der Waals surface area contributed by atoms with E-state index < -0.39 is 0 Å². The number of methoxy groups -OCH3 is 2. The summed E-state index contributed by atoms with van der Waals surface area (Å²) in [6.07, 6.45) is 0.946. The van der Waals surface area contributed by atoms with Crippen LogP contribution in [0, 0.1) is 0 Å². The van der Waals surface area contributed by atoms with Crippen LogP contribution in [-0.2, 0) is 11.3 Å². The van der Waals surface area contributed by atoms with E-state index in [1.807, 2.05) is 25.1 Å². The van der Waals surface area contributed by atoms with Crippen molar-refractivity contribution in [3.8, 4) is 11.5 Å². The largest absolute Gasteiger partial charge is 0.493 e. The highest BCUT2D eigenvalue weighted by Gasteiger charge is 2.05. The van der Waals surface area contributed by atoms with Gasteiger partial charge in [-0.05, 0) is 24.1 Å². The number of carbonyl (C=O) groups is 1. The summed E-state index contributed by atoms with van der Waals surface area (Å²) in [4.78, 5) is 11.4. The van der Waals surface area contributed by atoms with Crippen LogP contribution in [-0.4, -0.2) is 33.2 Å². The van der Waals surface area contributed by atoms with Gasteiger partial charge in [0.2, 0.25) is 5.91 Å². The van der Waals surface area contributed by atoms with Crippen LogP contribution in [0.2, 0.25) is 0 Å². The molecule has 19 heavy (non-hydrogen) atoms. The first kappa shape index (κ1) is 15.3. The molecule has 1 aromatic rings. The minimum absolute atomic E-state index is 0.0160. The molecule has 0 aliphatic heterocycles. The Morgan fingerprint density at radius 3 is 2.58 bits per heavy atom. The Kier molecular flexibility index (Phi) is 6.74. The van der Waals surface area contributed by atoms with Gasteiger partial charge >= 0.3 is 0 Å². The second-order valence-corrected chi connectivity index (χ2v) is 4.14. The van der Waals surface area contributed by atoms with Gasteiger partial charge in [-0.25, -0.2) is 0 Å². The quantitative estimate of drug-likeness (QED) is 0.745. The third-order valence-electron chi connectivity index (χ3n) is 2.63. The van der Waals surface area contributed by atoms with Crippen LogP contribution in [0.25, 0.3) is 0 Å². The summed E-state index contributed by atoms with van der Waals surface area (Å²) in [6, 6.07) is 5.70. The SMILES string of the molecule is CCCNC(=O)CNCc1ccc(OC)c(OC)c1. The summed E-state index contributed by atoms with van der Waals surface area (Å²) in [5.41, 5.74) is 1.04. The molecule has 0 atom stereocenters. The maximum absolute atomic E-state index is 11.4. The van der Waals surface area contributed by atoms with Crippen LogP contribution >= 0.6 is 0 Å². The second-order valence-electron chi connectivity index (χ2n) is 4.14. The Hall–Kier alpha value is -1.75. The topological polar surface area (TPSA) is 59.6 Å². The van der Waals surface area contributed by atoms with Gasteiger partial charge in [0.25, 0.3) is 0 Å². The van der Waals surface area contributed by atoms with Crippen LogP contribution in [0.4, 0.5) is 0 Å². The zero-order valence-electron chi connectivity index (χ0n) is 11.8. The van der Waals surface area contributed by atoms with Crippen molar-refractivity contribution in [2.45, 2.75) is 19.9 Å². The lowest BCUT2D eigenvalue weighted by atomic mass is 10.2. The normalized spacial score (nSPS) is 10.1. The van der Waals surface area contributed by atoms with E-state index in [9.17, 15) is 4.79 Å². The van der Waals surface area contributed by atoms with Gasteiger partial charge in [0.1, 0.15) is 0 Å². The van der Waals surface area contributed by atoms with E-state index in [1.54, 1.807) is 14.2 Å². The molecule has 0 aliphatic rings. The molecule has 0 saturated heterocycles. The molecule has 1 amide bonds. The van der Waals surface area contributed by atoms with Gasteiger partial charge in [0.15, 0.2) is 11.5 Å². The van der Waals surface area contributed by atoms with Crippen molar-refractivity contribution < 1.29 is 14.3 Å². The number of benzene rings is 1. The summed E-state index contributed by atoms with van der Waals surface area (Å²) < 4.78 is 10.4. The van der Waals surface area contributed by atoms with Crippen molar-refractivity contribution in [3.63, 3.8) is 0 Å². The first-order chi connectivity index (χ1) is 9.21. The zero-order chi connectivity index (χ0) is 14.1.